The minimum absolute atomic E-state index is 0.433. The molecule has 4 aromatic rings. The first kappa shape index (κ1) is 16.3. The van der Waals surface area contributed by atoms with Gasteiger partial charge in [0.25, 0.3) is 5.89 Å². The van der Waals surface area contributed by atoms with Crippen LogP contribution in [0.3, 0.4) is 0 Å². The number of rotatable bonds is 3. The average Bonchev–Trinajstić information content (AvgIpc) is 3.34. The fourth-order valence-corrected chi connectivity index (χ4v) is 3.94. The average molecular weight is 358 g/mol. The molecule has 0 aliphatic carbocycles. The summed E-state index contributed by atoms with van der Waals surface area (Å²) in [6, 6.07) is 15.2. The van der Waals surface area contributed by atoms with E-state index >= 15 is 0 Å². The molecule has 5 nitrogen and oxygen atoms in total. The Morgan fingerprint density at radius 1 is 1.15 bits per heavy atom. The normalized spacial score (nSPS) is 14.0. The molecule has 1 aliphatic heterocycles. The van der Waals surface area contributed by atoms with E-state index in [0.29, 0.717) is 17.8 Å². The van der Waals surface area contributed by atoms with Crippen molar-refractivity contribution >= 4 is 10.9 Å². The number of benzene rings is 2. The van der Waals surface area contributed by atoms with Crippen LogP contribution in [-0.4, -0.2) is 21.3 Å². The first-order valence-electron chi connectivity index (χ1n) is 9.47. The highest BCUT2D eigenvalue weighted by molar-refractivity contribution is 5.84. The molecular formula is C22H22N4O. The Hall–Kier alpha value is -2.92. The molecule has 27 heavy (non-hydrogen) atoms. The highest BCUT2D eigenvalue weighted by Gasteiger charge is 2.18. The van der Waals surface area contributed by atoms with Crippen LogP contribution < -0.4 is 5.32 Å². The highest BCUT2D eigenvalue weighted by atomic mass is 16.5. The van der Waals surface area contributed by atoms with Crippen LogP contribution in [0.2, 0.25) is 0 Å². The maximum atomic E-state index is 5.62. The van der Waals surface area contributed by atoms with Gasteiger partial charge in [-0.2, -0.15) is 4.98 Å². The molecule has 2 aromatic heterocycles. The van der Waals surface area contributed by atoms with Crippen molar-refractivity contribution in [2.24, 2.45) is 0 Å². The van der Waals surface area contributed by atoms with Gasteiger partial charge in [0.2, 0.25) is 5.82 Å². The molecular weight excluding hydrogens is 336 g/mol. The molecule has 1 N–H and O–H groups in total. The van der Waals surface area contributed by atoms with Gasteiger partial charge >= 0.3 is 0 Å². The smallest absolute Gasteiger partial charge is 0.258 e. The monoisotopic (exact) mass is 358 g/mol. The zero-order valence-electron chi connectivity index (χ0n) is 15.6. The minimum atomic E-state index is 0.433. The molecule has 5 heteroatoms. The van der Waals surface area contributed by atoms with Gasteiger partial charge in [-0.25, -0.2) is 0 Å². The first-order chi connectivity index (χ1) is 13.2. The maximum absolute atomic E-state index is 5.62. The summed E-state index contributed by atoms with van der Waals surface area (Å²) >= 11 is 0. The Morgan fingerprint density at radius 3 is 2.96 bits per heavy atom. The lowest BCUT2D eigenvalue weighted by atomic mass is 9.95. The molecule has 0 bridgehead atoms. The molecule has 2 aromatic carbocycles. The quantitative estimate of drug-likeness (QED) is 0.582. The predicted molar refractivity (Wildman–Crippen MR) is 106 cm³/mol. The van der Waals surface area contributed by atoms with Crippen molar-refractivity contribution in [3.63, 3.8) is 0 Å². The number of hydrogen-bond donors (Lipinski definition) is 1. The van der Waals surface area contributed by atoms with Gasteiger partial charge in [-0.1, -0.05) is 23.4 Å². The van der Waals surface area contributed by atoms with E-state index in [4.69, 9.17) is 9.51 Å². The molecule has 0 unspecified atom stereocenters. The van der Waals surface area contributed by atoms with Gasteiger partial charge in [-0.15, -0.1) is 0 Å². The van der Waals surface area contributed by atoms with E-state index in [1.165, 1.54) is 22.0 Å². The maximum Gasteiger partial charge on any atom is 0.258 e. The summed E-state index contributed by atoms with van der Waals surface area (Å²) in [6.45, 7) is 6.26. The molecule has 5 rings (SSSR count). The van der Waals surface area contributed by atoms with Crippen molar-refractivity contribution in [2.75, 3.05) is 6.54 Å². The summed E-state index contributed by atoms with van der Waals surface area (Å²) in [5.41, 5.74) is 5.90. The lowest BCUT2D eigenvalue weighted by Crippen LogP contribution is -2.24. The lowest BCUT2D eigenvalue weighted by molar-refractivity contribution is 0.432. The van der Waals surface area contributed by atoms with Crippen molar-refractivity contribution in [1.82, 2.24) is 20.0 Å². The topological polar surface area (TPSA) is 55.9 Å². The molecule has 0 atom stereocenters. The summed E-state index contributed by atoms with van der Waals surface area (Å²) < 4.78 is 7.88. The lowest BCUT2D eigenvalue weighted by Gasteiger charge is -2.18. The Labute approximate surface area is 158 Å². The number of nitrogens with one attached hydrogen (secondary N) is 1. The van der Waals surface area contributed by atoms with Crippen LogP contribution in [-0.2, 0) is 13.0 Å². The standard InChI is InChI=1S/C22H22N4O/c1-14(2)26-11-9-15-12-16(6-7-20(15)26)22-24-21(25-27-22)19-5-3-4-17-13-23-10-8-18(17)19/h3-7,9,11-12,14,23H,8,10,13H2,1-2H3. The predicted octanol–water partition coefficient (Wildman–Crippen LogP) is 4.58. The zero-order valence-corrected chi connectivity index (χ0v) is 15.6. The van der Waals surface area contributed by atoms with E-state index in [1.807, 2.05) is 0 Å². The first-order valence-corrected chi connectivity index (χ1v) is 9.47. The van der Waals surface area contributed by atoms with Crippen LogP contribution in [0.15, 0.2) is 53.2 Å². The Kier molecular flexibility index (Phi) is 3.83. The van der Waals surface area contributed by atoms with Crippen molar-refractivity contribution in [3.8, 4) is 22.8 Å². The second kappa shape index (κ2) is 6.35. The number of fused-ring (bicyclic) bond motifs is 2. The SMILES string of the molecule is CC(C)n1ccc2cc(-c3nc(-c4cccc5c4CCNC5)no3)ccc21. The van der Waals surface area contributed by atoms with E-state index in [2.05, 4.69) is 77.5 Å². The summed E-state index contributed by atoms with van der Waals surface area (Å²) in [7, 11) is 0. The van der Waals surface area contributed by atoms with Crippen molar-refractivity contribution < 1.29 is 4.52 Å². The molecule has 136 valence electrons. The summed E-state index contributed by atoms with van der Waals surface area (Å²) in [5, 5.41) is 8.87. The highest BCUT2D eigenvalue weighted by Crippen LogP contribution is 2.30. The van der Waals surface area contributed by atoms with Gasteiger partial charge in [0.1, 0.15) is 0 Å². The molecule has 0 radical (unpaired) electrons. The van der Waals surface area contributed by atoms with Crippen LogP contribution in [0.1, 0.15) is 31.0 Å². The summed E-state index contributed by atoms with van der Waals surface area (Å²) in [5.74, 6) is 1.24. The molecule has 0 amide bonds. The van der Waals surface area contributed by atoms with Crippen molar-refractivity contribution in [2.45, 2.75) is 32.9 Å². The van der Waals surface area contributed by atoms with E-state index in [-0.39, 0.29) is 0 Å². The minimum Gasteiger partial charge on any atom is -0.345 e. The zero-order chi connectivity index (χ0) is 18.4. The fourth-order valence-electron chi connectivity index (χ4n) is 3.94. The molecule has 3 heterocycles. The molecule has 0 fully saturated rings. The molecule has 0 saturated carbocycles. The van der Waals surface area contributed by atoms with Gasteiger partial charge in [0.15, 0.2) is 0 Å². The third-order valence-electron chi connectivity index (χ3n) is 5.33. The van der Waals surface area contributed by atoms with Crippen molar-refractivity contribution in [1.29, 1.82) is 0 Å². The third kappa shape index (κ3) is 2.75. The molecule has 0 spiro atoms. The van der Waals surface area contributed by atoms with E-state index in [9.17, 15) is 0 Å². The third-order valence-corrected chi connectivity index (χ3v) is 5.33. The Bertz CT molecular complexity index is 1120. The second-order valence-corrected chi connectivity index (χ2v) is 7.38. The fraction of sp³-hybridized carbons (Fsp3) is 0.273. The van der Waals surface area contributed by atoms with Gasteiger partial charge in [-0.05, 0) is 62.2 Å². The van der Waals surface area contributed by atoms with Crippen LogP contribution in [0.5, 0.6) is 0 Å². The number of aromatic nitrogens is 3. The van der Waals surface area contributed by atoms with Gasteiger partial charge < -0.3 is 14.4 Å². The summed E-state index contributed by atoms with van der Waals surface area (Å²) in [4.78, 5) is 4.70. The van der Waals surface area contributed by atoms with E-state index < -0.39 is 0 Å². The number of hydrogen-bond acceptors (Lipinski definition) is 4. The summed E-state index contributed by atoms with van der Waals surface area (Å²) in [6.07, 6.45) is 3.12. The Balaban J connectivity index is 1.54. The largest absolute Gasteiger partial charge is 0.345 e. The van der Waals surface area contributed by atoms with Crippen molar-refractivity contribution in [3.05, 3.63) is 59.8 Å². The number of nitrogens with zero attached hydrogens (tertiary/aromatic N) is 3. The molecule has 0 saturated heterocycles. The van der Waals surface area contributed by atoms with Crippen LogP contribution >= 0.6 is 0 Å². The second-order valence-electron chi connectivity index (χ2n) is 7.38. The van der Waals surface area contributed by atoms with Gasteiger partial charge in [0, 0.05) is 40.8 Å². The van der Waals surface area contributed by atoms with Crippen LogP contribution in [0.25, 0.3) is 33.7 Å². The van der Waals surface area contributed by atoms with E-state index in [0.717, 1.165) is 30.6 Å². The molecule has 1 aliphatic rings. The van der Waals surface area contributed by atoms with Gasteiger partial charge in [-0.3, -0.25) is 0 Å². The Morgan fingerprint density at radius 2 is 2.07 bits per heavy atom. The van der Waals surface area contributed by atoms with Crippen LogP contribution in [0.4, 0.5) is 0 Å². The van der Waals surface area contributed by atoms with Crippen LogP contribution in [0, 0.1) is 0 Å². The van der Waals surface area contributed by atoms with E-state index in [1.54, 1.807) is 0 Å². The van der Waals surface area contributed by atoms with Gasteiger partial charge in [0.05, 0.1) is 0 Å².